The molecule has 1 fully saturated rings. The third kappa shape index (κ3) is 2.86. The molecular weight excluding hydrogens is 250 g/mol. The lowest BCUT2D eigenvalue weighted by atomic mass is 10.1. The standard InChI is InChI=1S/C16H23N3O/c1-2-19-16-6-4-3-5-14(16)15(18-19)12-20-10-8-13-7-9-17-11-13/h3-6,13,17H,2,7-12H2,1H3. The Hall–Kier alpha value is -1.39. The molecule has 1 unspecified atom stereocenters. The molecule has 1 aromatic carbocycles. The van der Waals surface area contributed by atoms with Gasteiger partial charge in [0.2, 0.25) is 0 Å². The summed E-state index contributed by atoms with van der Waals surface area (Å²) in [6.45, 7) is 6.78. The van der Waals surface area contributed by atoms with E-state index in [1.165, 1.54) is 17.3 Å². The lowest BCUT2D eigenvalue weighted by molar-refractivity contribution is 0.107. The minimum atomic E-state index is 0.619. The molecule has 0 spiro atoms. The highest BCUT2D eigenvalue weighted by Gasteiger charge is 2.14. The summed E-state index contributed by atoms with van der Waals surface area (Å²) in [6.07, 6.45) is 2.44. The molecule has 2 heterocycles. The van der Waals surface area contributed by atoms with E-state index in [2.05, 4.69) is 46.3 Å². The second kappa shape index (κ2) is 6.37. The summed E-state index contributed by atoms with van der Waals surface area (Å²) in [6, 6.07) is 8.39. The first-order chi connectivity index (χ1) is 9.88. The Labute approximate surface area is 120 Å². The third-order valence-electron chi connectivity index (χ3n) is 4.11. The van der Waals surface area contributed by atoms with Gasteiger partial charge in [-0.2, -0.15) is 5.10 Å². The van der Waals surface area contributed by atoms with Crippen LogP contribution in [0.25, 0.3) is 10.9 Å². The summed E-state index contributed by atoms with van der Waals surface area (Å²) in [5.74, 6) is 0.792. The molecule has 4 heteroatoms. The molecule has 1 aliphatic rings. The van der Waals surface area contributed by atoms with Crippen LogP contribution in [0, 0.1) is 5.92 Å². The molecule has 2 aromatic rings. The van der Waals surface area contributed by atoms with Crippen LogP contribution >= 0.6 is 0 Å². The maximum atomic E-state index is 5.84. The van der Waals surface area contributed by atoms with Crippen molar-refractivity contribution in [2.45, 2.75) is 32.9 Å². The van der Waals surface area contributed by atoms with Gasteiger partial charge in [-0.1, -0.05) is 18.2 Å². The predicted molar refractivity (Wildman–Crippen MR) is 80.7 cm³/mol. The molecule has 1 aliphatic heterocycles. The van der Waals surface area contributed by atoms with Crippen LogP contribution in [0.5, 0.6) is 0 Å². The van der Waals surface area contributed by atoms with Gasteiger partial charge in [0.1, 0.15) is 0 Å². The van der Waals surface area contributed by atoms with E-state index in [0.717, 1.165) is 44.3 Å². The zero-order chi connectivity index (χ0) is 13.8. The molecule has 1 aromatic heterocycles. The van der Waals surface area contributed by atoms with E-state index in [0.29, 0.717) is 6.61 Å². The van der Waals surface area contributed by atoms with E-state index in [1.54, 1.807) is 0 Å². The van der Waals surface area contributed by atoms with Crippen molar-refractivity contribution < 1.29 is 4.74 Å². The first kappa shape index (κ1) is 13.6. The molecule has 20 heavy (non-hydrogen) atoms. The summed E-state index contributed by atoms with van der Waals surface area (Å²) < 4.78 is 7.89. The van der Waals surface area contributed by atoms with Crippen molar-refractivity contribution in [3.8, 4) is 0 Å². The van der Waals surface area contributed by atoms with Crippen molar-refractivity contribution in [3.05, 3.63) is 30.0 Å². The Balaban J connectivity index is 1.59. The number of aryl methyl sites for hydroxylation is 1. The van der Waals surface area contributed by atoms with E-state index < -0.39 is 0 Å². The van der Waals surface area contributed by atoms with Gasteiger partial charge >= 0.3 is 0 Å². The highest BCUT2D eigenvalue weighted by molar-refractivity contribution is 5.81. The summed E-state index contributed by atoms with van der Waals surface area (Å²) in [5.41, 5.74) is 2.26. The smallest absolute Gasteiger partial charge is 0.0960 e. The maximum Gasteiger partial charge on any atom is 0.0960 e. The number of hydrogen-bond acceptors (Lipinski definition) is 3. The van der Waals surface area contributed by atoms with Crippen molar-refractivity contribution in [2.75, 3.05) is 19.7 Å². The van der Waals surface area contributed by atoms with Crippen LogP contribution in [0.3, 0.4) is 0 Å². The minimum absolute atomic E-state index is 0.619. The first-order valence-electron chi connectivity index (χ1n) is 7.61. The van der Waals surface area contributed by atoms with Gasteiger partial charge in [0.25, 0.3) is 0 Å². The van der Waals surface area contributed by atoms with E-state index in [9.17, 15) is 0 Å². The fourth-order valence-electron chi connectivity index (χ4n) is 2.92. The highest BCUT2D eigenvalue weighted by atomic mass is 16.5. The molecule has 1 atom stereocenters. The van der Waals surface area contributed by atoms with Crippen molar-refractivity contribution in [2.24, 2.45) is 5.92 Å². The Morgan fingerprint density at radius 1 is 1.40 bits per heavy atom. The van der Waals surface area contributed by atoms with E-state index in [1.807, 2.05) is 0 Å². The zero-order valence-corrected chi connectivity index (χ0v) is 12.1. The molecular formula is C16H23N3O. The third-order valence-corrected chi connectivity index (χ3v) is 4.11. The van der Waals surface area contributed by atoms with Crippen molar-refractivity contribution in [3.63, 3.8) is 0 Å². The van der Waals surface area contributed by atoms with Crippen molar-refractivity contribution in [1.82, 2.24) is 15.1 Å². The monoisotopic (exact) mass is 273 g/mol. The average molecular weight is 273 g/mol. The summed E-state index contributed by atoms with van der Waals surface area (Å²) in [5, 5.41) is 9.27. The zero-order valence-electron chi connectivity index (χ0n) is 12.1. The number of benzene rings is 1. The quantitative estimate of drug-likeness (QED) is 0.822. The van der Waals surface area contributed by atoms with Gasteiger partial charge in [-0.05, 0) is 44.8 Å². The molecule has 0 radical (unpaired) electrons. The second-order valence-corrected chi connectivity index (χ2v) is 5.48. The van der Waals surface area contributed by atoms with Crippen LogP contribution in [0.4, 0.5) is 0 Å². The number of fused-ring (bicyclic) bond motifs is 1. The van der Waals surface area contributed by atoms with Crippen LogP contribution in [0.2, 0.25) is 0 Å². The number of hydrogen-bond donors (Lipinski definition) is 1. The maximum absolute atomic E-state index is 5.84. The van der Waals surface area contributed by atoms with Gasteiger partial charge in [-0.15, -0.1) is 0 Å². The van der Waals surface area contributed by atoms with Crippen LogP contribution in [0.15, 0.2) is 24.3 Å². The Morgan fingerprint density at radius 2 is 2.30 bits per heavy atom. The minimum Gasteiger partial charge on any atom is -0.375 e. The summed E-state index contributed by atoms with van der Waals surface area (Å²) in [4.78, 5) is 0. The summed E-state index contributed by atoms with van der Waals surface area (Å²) >= 11 is 0. The second-order valence-electron chi connectivity index (χ2n) is 5.48. The molecule has 0 amide bonds. The lowest BCUT2D eigenvalue weighted by Crippen LogP contribution is -2.11. The fourth-order valence-corrected chi connectivity index (χ4v) is 2.92. The van der Waals surface area contributed by atoms with Crippen LogP contribution in [0.1, 0.15) is 25.5 Å². The molecule has 1 N–H and O–H groups in total. The molecule has 0 aliphatic carbocycles. The first-order valence-corrected chi connectivity index (χ1v) is 7.61. The lowest BCUT2D eigenvalue weighted by Gasteiger charge is -2.07. The number of aromatic nitrogens is 2. The number of nitrogens with one attached hydrogen (secondary N) is 1. The van der Waals surface area contributed by atoms with Crippen LogP contribution in [-0.4, -0.2) is 29.5 Å². The van der Waals surface area contributed by atoms with Gasteiger partial charge in [-0.25, -0.2) is 0 Å². The van der Waals surface area contributed by atoms with E-state index in [4.69, 9.17) is 4.74 Å². The van der Waals surface area contributed by atoms with Gasteiger partial charge in [0.05, 0.1) is 17.8 Å². The van der Waals surface area contributed by atoms with Gasteiger partial charge < -0.3 is 10.1 Å². The Morgan fingerprint density at radius 3 is 3.10 bits per heavy atom. The van der Waals surface area contributed by atoms with E-state index >= 15 is 0 Å². The van der Waals surface area contributed by atoms with Crippen LogP contribution < -0.4 is 5.32 Å². The van der Waals surface area contributed by atoms with Gasteiger partial charge in [0, 0.05) is 18.5 Å². The average Bonchev–Trinajstić information content (AvgIpc) is 3.11. The fraction of sp³-hybridized carbons (Fsp3) is 0.562. The SMILES string of the molecule is CCn1nc(COCCC2CCNC2)c2ccccc21. The molecule has 3 rings (SSSR count). The van der Waals surface area contributed by atoms with Crippen molar-refractivity contribution in [1.29, 1.82) is 0 Å². The molecule has 4 nitrogen and oxygen atoms in total. The Bertz CT molecular complexity index is 558. The largest absolute Gasteiger partial charge is 0.375 e. The van der Waals surface area contributed by atoms with E-state index in [-0.39, 0.29) is 0 Å². The van der Waals surface area contributed by atoms with Gasteiger partial charge in [0.15, 0.2) is 0 Å². The summed E-state index contributed by atoms with van der Waals surface area (Å²) in [7, 11) is 0. The Kier molecular flexibility index (Phi) is 4.33. The molecule has 1 saturated heterocycles. The normalized spacial score (nSPS) is 18.9. The van der Waals surface area contributed by atoms with Crippen LogP contribution in [-0.2, 0) is 17.9 Å². The molecule has 0 saturated carbocycles. The number of ether oxygens (including phenoxy) is 1. The highest BCUT2D eigenvalue weighted by Crippen LogP contribution is 2.19. The molecule has 0 bridgehead atoms. The van der Waals surface area contributed by atoms with Crippen molar-refractivity contribution >= 4 is 10.9 Å². The van der Waals surface area contributed by atoms with Gasteiger partial charge in [-0.3, -0.25) is 4.68 Å². The molecule has 108 valence electrons. The number of rotatable bonds is 6. The number of nitrogens with zero attached hydrogens (tertiary/aromatic N) is 2. The predicted octanol–water partition coefficient (Wildman–Crippen LogP) is 2.57. The number of para-hydroxylation sites is 1. The topological polar surface area (TPSA) is 39.1 Å².